The fraction of sp³-hybridized carbons (Fsp3) is 0.480. The maximum Gasteiger partial charge on any atom is 0.416 e. The number of guanidine groups is 1. The number of alkyl halides is 6. The van der Waals surface area contributed by atoms with Crippen LogP contribution >= 0.6 is 34.8 Å². The summed E-state index contributed by atoms with van der Waals surface area (Å²) in [7, 11) is 0. The number of nitrogens with zero attached hydrogens (tertiary/aromatic N) is 3. The molecule has 4 aliphatic heterocycles. The van der Waals surface area contributed by atoms with Crippen LogP contribution in [0, 0.1) is 5.82 Å². The van der Waals surface area contributed by atoms with Crippen LogP contribution in [0.3, 0.4) is 0 Å². The van der Waals surface area contributed by atoms with Gasteiger partial charge in [0.15, 0.2) is 5.66 Å². The number of hydrogen-bond donors (Lipinski definition) is 6. The number of likely N-dealkylation sites (tertiary alicyclic amines) is 1. The number of ether oxygens (including phenoxy) is 1. The lowest BCUT2D eigenvalue weighted by molar-refractivity contribution is -0.231. The van der Waals surface area contributed by atoms with Crippen molar-refractivity contribution in [2.75, 3.05) is 19.7 Å². The van der Waals surface area contributed by atoms with Crippen molar-refractivity contribution in [2.24, 2.45) is 4.99 Å². The number of imide groups is 1. The predicted molar refractivity (Wildman–Crippen MR) is 150 cm³/mol. The van der Waals surface area contributed by atoms with Crippen LogP contribution in [0.4, 0.5) is 22.4 Å². The van der Waals surface area contributed by atoms with Crippen molar-refractivity contribution in [1.82, 2.24) is 31.1 Å². The summed E-state index contributed by atoms with van der Waals surface area (Å²) >= 11 is 16.9. The van der Waals surface area contributed by atoms with Gasteiger partial charge in [-0.25, -0.2) is 14.2 Å². The minimum Gasteiger partial charge on any atom is -0.445 e. The summed E-state index contributed by atoms with van der Waals surface area (Å²) < 4.78 is 56.8. The third-order valence-electron chi connectivity index (χ3n) is 7.79. The number of carbonyl (C=O) groups excluding carboxylic acids is 4. The summed E-state index contributed by atoms with van der Waals surface area (Å²) in [6.07, 6.45) is -6.37. The second-order valence-electron chi connectivity index (χ2n) is 10.8. The first-order valence-electron chi connectivity index (χ1n) is 13.3. The zero-order chi connectivity index (χ0) is 34.0. The molecule has 3 saturated heterocycles. The number of benzene rings is 1. The molecule has 4 amide bonds. The molecule has 0 bridgehead atoms. The summed E-state index contributed by atoms with van der Waals surface area (Å²) in [6, 6.07) is -3.11. The van der Waals surface area contributed by atoms with Gasteiger partial charge < -0.3 is 35.8 Å². The normalized spacial score (nSPS) is 27.0. The molecule has 1 aromatic carbocycles. The molecule has 14 nitrogen and oxygen atoms in total. The van der Waals surface area contributed by atoms with E-state index in [2.05, 4.69) is 32.8 Å². The van der Waals surface area contributed by atoms with Crippen LogP contribution in [0.1, 0.15) is 28.8 Å². The van der Waals surface area contributed by atoms with Crippen molar-refractivity contribution in [2.45, 2.75) is 52.4 Å². The SMILES string of the molecule is C=C1NC2[C@H](CN3C(=O)CCC3=O)N=C(NC(=O)OCC(Cl)(Cl)Cl)N3CC(NC(=O)c4cc(F)cc(C(F)(F)F)c4)C(O)(O)C23N1. The minimum atomic E-state index is -5.00. The van der Waals surface area contributed by atoms with E-state index in [0.29, 0.717) is 12.1 Å². The molecule has 4 atom stereocenters. The molecule has 0 saturated carbocycles. The van der Waals surface area contributed by atoms with E-state index in [4.69, 9.17) is 39.5 Å². The van der Waals surface area contributed by atoms with Crippen LogP contribution in [0.5, 0.6) is 0 Å². The standard InChI is InChI=1S/C25H24Cl3F4N7O7/c1-10-33-18-14(7-38-16(40)2-3-17(38)41)34-20(36-21(43)46-9-22(26,27)28)39-8-15(24(44,45)23(18,39)37-10)35-19(42)11-4-12(25(30,31)32)6-13(29)5-11/h4-6,14-15,18,33,37,44-45H,1-3,7-9H2,(H,35,42)(H,34,36,43)/t14-,15?,18?,23?/m0/s1. The molecular formula is C25H24Cl3F4N7O7. The van der Waals surface area contributed by atoms with Crippen molar-refractivity contribution >= 4 is 64.6 Å². The van der Waals surface area contributed by atoms with E-state index in [-0.39, 0.29) is 24.7 Å². The van der Waals surface area contributed by atoms with E-state index >= 15 is 0 Å². The molecule has 0 radical (unpaired) electrons. The lowest BCUT2D eigenvalue weighted by Gasteiger charge is -2.49. The second-order valence-corrected chi connectivity index (χ2v) is 13.3. The topological polar surface area (TPSA) is 185 Å². The van der Waals surface area contributed by atoms with Gasteiger partial charge in [-0.3, -0.25) is 24.6 Å². The average molecular weight is 717 g/mol. The molecule has 1 spiro atoms. The van der Waals surface area contributed by atoms with Gasteiger partial charge in [0, 0.05) is 24.9 Å². The van der Waals surface area contributed by atoms with Crippen molar-refractivity contribution in [3.63, 3.8) is 0 Å². The molecule has 0 aromatic heterocycles. The first-order chi connectivity index (χ1) is 21.2. The van der Waals surface area contributed by atoms with E-state index < -0.39 is 106 Å². The van der Waals surface area contributed by atoms with E-state index in [1.807, 2.05) is 0 Å². The average Bonchev–Trinajstić information content (AvgIpc) is 3.53. The first-order valence-corrected chi connectivity index (χ1v) is 14.4. The molecule has 0 aliphatic carbocycles. The number of hydrogen-bond acceptors (Lipinski definition) is 11. The number of rotatable bonds is 5. The number of carbonyl (C=O) groups is 4. The summed E-state index contributed by atoms with van der Waals surface area (Å²) in [5, 5.41) is 33.6. The number of halogens is 7. The highest BCUT2D eigenvalue weighted by atomic mass is 35.6. The van der Waals surface area contributed by atoms with E-state index in [1.165, 1.54) is 0 Å². The van der Waals surface area contributed by atoms with Crippen LogP contribution in [0.2, 0.25) is 0 Å². The molecule has 4 heterocycles. The van der Waals surface area contributed by atoms with Crippen LogP contribution in [0.15, 0.2) is 35.6 Å². The first kappa shape index (κ1) is 33.8. The Morgan fingerprint density at radius 1 is 1.15 bits per heavy atom. The van der Waals surface area contributed by atoms with Crippen LogP contribution in [-0.2, 0) is 20.5 Å². The Balaban J connectivity index is 1.51. The summed E-state index contributed by atoms with van der Waals surface area (Å²) in [4.78, 5) is 57.1. The molecule has 5 rings (SSSR count). The Hall–Kier alpha value is -3.58. The molecule has 1 aromatic rings. The zero-order valence-electron chi connectivity index (χ0n) is 23.1. The molecule has 3 fully saturated rings. The monoisotopic (exact) mass is 715 g/mol. The number of amides is 4. The van der Waals surface area contributed by atoms with E-state index in [1.54, 1.807) is 0 Å². The highest BCUT2D eigenvalue weighted by Crippen LogP contribution is 2.45. The van der Waals surface area contributed by atoms with Crippen LogP contribution in [0.25, 0.3) is 0 Å². The van der Waals surface area contributed by atoms with Gasteiger partial charge in [-0.2, -0.15) is 13.2 Å². The number of nitrogens with one attached hydrogen (secondary N) is 4. The number of aliphatic hydroxyl groups is 2. The number of aliphatic imine (C=N–C) groups is 1. The zero-order valence-corrected chi connectivity index (χ0v) is 25.4. The smallest absolute Gasteiger partial charge is 0.416 e. The quantitative estimate of drug-likeness (QED) is 0.110. The van der Waals surface area contributed by atoms with E-state index in [0.717, 1.165) is 9.80 Å². The van der Waals surface area contributed by atoms with Gasteiger partial charge in [0.2, 0.25) is 27.4 Å². The highest BCUT2D eigenvalue weighted by Gasteiger charge is 2.74. The van der Waals surface area contributed by atoms with Gasteiger partial charge in [0.25, 0.3) is 5.91 Å². The Bertz CT molecular complexity index is 1520. The van der Waals surface area contributed by atoms with Crippen LogP contribution < -0.4 is 21.3 Å². The van der Waals surface area contributed by atoms with Gasteiger partial charge in [-0.15, -0.1) is 0 Å². The fourth-order valence-electron chi connectivity index (χ4n) is 5.85. The molecule has 46 heavy (non-hydrogen) atoms. The third-order valence-corrected chi connectivity index (χ3v) is 8.11. The second kappa shape index (κ2) is 11.6. The molecule has 3 unspecified atom stereocenters. The molecule has 21 heteroatoms. The van der Waals surface area contributed by atoms with E-state index in [9.17, 15) is 47.0 Å². The van der Waals surface area contributed by atoms with Gasteiger partial charge in [-0.05, 0) is 18.2 Å². The maximum atomic E-state index is 14.1. The highest BCUT2D eigenvalue weighted by molar-refractivity contribution is 6.67. The van der Waals surface area contributed by atoms with Crippen molar-refractivity contribution in [3.05, 3.63) is 47.5 Å². The third kappa shape index (κ3) is 6.11. The molecular weight excluding hydrogens is 693 g/mol. The van der Waals surface area contributed by atoms with Gasteiger partial charge in [0.1, 0.15) is 18.5 Å². The van der Waals surface area contributed by atoms with Gasteiger partial charge in [-0.1, -0.05) is 41.4 Å². The molecule has 4 aliphatic rings. The Kier molecular flexibility index (Phi) is 8.51. The summed E-state index contributed by atoms with van der Waals surface area (Å²) in [5.74, 6) is -7.23. The Labute approximate surface area is 271 Å². The molecule has 250 valence electrons. The van der Waals surface area contributed by atoms with Gasteiger partial charge in [0.05, 0.1) is 30.0 Å². The minimum absolute atomic E-state index is 0.00583. The van der Waals surface area contributed by atoms with Crippen molar-refractivity contribution in [3.8, 4) is 0 Å². The van der Waals surface area contributed by atoms with Crippen LogP contribution in [-0.4, -0.2) is 103 Å². The Morgan fingerprint density at radius 3 is 2.41 bits per heavy atom. The van der Waals surface area contributed by atoms with Crippen molar-refractivity contribution < 1.29 is 51.7 Å². The molecule has 6 N–H and O–H groups in total. The van der Waals surface area contributed by atoms with Gasteiger partial charge >= 0.3 is 12.3 Å². The maximum absolute atomic E-state index is 14.1. The lowest BCUT2D eigenvalue weighted by atomic mass is 9.85. The fourth-order valence-corrected chi connectivity index (χ4v) is 6.01. The summed E-state index contributed by atoms with van der Waals surface area (Å²) in [5.41, 5.74) is -4.41. The predicted octanol–water partition coefficient (Wildman–Crippen LogP) is 0.652. The summed E-state index contributed by atoms with van der Waals surface area (Å²) in [6.45, 7) is 2.04. The largest absolute Gasteiger partial charge is 0.445 e. The lowest BCUT2D eigenvalue weighted by Crippen LogP contribution is -2.78. The Morgan fingerprint density at radius 2 is 1.80 bits per heavy atom. The number of alkyl carbamates (subject to hydrolysis) is 1. The van der Waals surface area contributed by atoms with Crippen molar-refractivity contribution in [1.29, 1.82) is 0 Å².